The number of nitrogens with zero attached hydrogens (tertiary/aromatic N) is 1. The molecule has 0 bridgehead atoms. The van der Waals surface area contributed by atoms with E-state index in [0.717, 1.165) is 18.7 Å². The highest BCUT2D eigenvalue weighted by molar-refractivity contribution is 8.03. The molecule has 4 nitrogen and oxygen atoms in total. The Hall–Kier alpha value is -0.420. The fourth-order valence-electron chi connectivity index (χ4n) is 0.715. The fraction of sp³-hybridized carbons (Fsp3) is 0.600. The summed E-state index contributed by atoms with van der Waals surface area (Å²) in [7, 11) is 0. The van der Waals surface area contributed by atoms with Crippen LogP contribution >= 0.6 is 23.4 Å². The van der Waals surface area contributed by atoms with E-state index in [-0.39, 0.29) is 5.16 Å². The molecular weight excluding hydrogens is 188 g/mol. The Kier molecular flexibility index (Phi) is 3.02. The SMILES string of the molecule is O=[N+]([O-])/C(Cl)=C1/NCCCS1. The lowest BCUT2D eigenvalue weighted by molar-refractivity contribution is -0.413. The summed E-state index contributed by atoms with van der Waals surface area (Å²) in [6.45, 7) is 0.770. The summed E-state index contributed by atoms with van der Waals surface area (Å²) in [4.78, 5) is 9.58. The van der Waals surface area contributed by atoms with Gasteiger partial charge in [-0.3, -0.25) is 10.1 Å². The van der Waals surface area contributed by atoms with Crippen molar-refractivity contribution in [1.29, 1.82) is 0 Å². The van der Waals surface area contributed by atoms with Crippen molar-refractivity contribution in [2.45, 2.75) is 6.42 Å². The summed E-state index contributed by atoms with van der Waals surface area (Å²) in [6.07, 6.45) is 1.02. The molecule has 1 heterocycles. The van der Waals surface area contributed by atoms with E-state index < -0.39 is 4.92 Å². The van der Waals surface area contributed by atoms with Crippen LogP contribution in [-0.2, 0) is 0 Å². The zero-order valence-corrected chi connectivity index (χ0v) is 7.24. The molecule has 62 valence electrons. The lowest BCUT2D eigenvalue weighted by Crippen LogP contribution is -2.21. The predicted octanol–water partition coefficient (Wildman–Crippen LogP) is 1.35. The van der Waals surface area contributed by atoms with Crippen LogP contribution in [-0.4, -0.2) is 17.2 Å². The molecule has 6 heteroatoms. The van der Waals surface area contributed by atoms with Gasteiger partial charge in [-0.25, -0.2) is 0 Å². The summed E-state index contributed by atoms with van der Waals surface area (Å²) in [5.41, 5.74) is 0. The lowest BCUT2D eigenvalue weighted by Gasteiger charge is -2.13. The Morgan fingerprint density at radius 2 is 2.55 bits per heavy atom. The normalized spacial score (nSPS) is 22.3. The van der Waals surface area contributed by atoms with Gasteiger partial charge >= 0.3 is 5.16 Å². The van der Waals surface area contributed by atoms with E-state index in [9.17, 15) is 10.1 Å². The number of hydrogen-bond acceptors (Lipinski definition) is 4. The Labute approximate surface area is 73.1 Å². The van der Waals surface area contributed by atoms with Crippen LogP contribution in [0.4, 0.5) is 0 Å². The Bertz CT molecular complexity index is 199. The number of hydrogen-bond donors (Lipinski definition) is 1. The number of halogens is 1. The molecule has 11 heavy (non-hydrogen) atoms. The van der Waals surface area contributed by atoms with Gasteiger partial charge in [0.25, 0.3) is 0 Å². The molecule has 1 aliphatic rings. The topological polar surface area (TPSA) is 55.2 Å². The maximum atomic E-state index is 10.2. The number of nitro groups is 1. The van der Waals surface area contributed by atoms with Gasteiger partial charge in [0.1, 0.15) is 0 Å². The van der Waals surface area contributed by atoms with Crippen molar-refractivity contribution < 1.29 is 4.92 Å². The first-order valence-electron chi connectivity index (χ1n) is 3.12. The predicted molar refractivity (Wildman–Crippen MR) is 45.0 cm³/mol. The minimum absolute atomic E-state index is 0.297. The van der Waals surface area contributed by atoms with Gasteiger partial charge in [-0.2, -0.15) is 0 Å². The Balaban J connectivity index is 2.68. The maximum Gasteiger partial charge on any atom is 0.366 e. The summed E-state index contributed by atoms with van der Waals surface area (Å²) < 4.78 is 0. The molecule has 0 aromatic carbocycles. The molecule has 0 aliphatic carbocycles. The highest BCUT2D eigenvalue weighted by atomic mass is 35.5. The van der Waals surface area contributed by atoms with Gasteiger partial charge in [0.05, 0.1) is 4.92 Å². The van der Waals surface area contributed by atoms with Crippen molar-refractivity contribution in [3.63, 3.8) is 0 Å². The third-order valence-electron chi connectivity index (χ3n) is 1.20. The molecule has 0 radical (unpaired) electrons. The van der Waals surface area contributed by atoms with Gasteiger partial charge in [0.2, 0.25) is 0 Å². The molecule has 0 saturated carbocycles. The zero-order chi connectivity index (χ0) is 8.27. The molecule has 0 spiro atoms. The monoisotopic (exact) mass is 194 g/mol. The van der Waals surface area contributed by atoms with Crippen LogP contribution in [0.5, 0.6) is 0 Å². The molecule has 0 aromatic heterocycles. The second-order valence-electron chi connectivity index (χ2n) is 2.01. The quantitative estimate of drug-likeness (QED) is 0.389. The Morgan fingerprint density at radius 3 is 3.00 bits per heavy atom. The van der Waals surface area contributed by atoms with Crippen molar-refractivity contribution in [2.24, 2.45) is 0 Å². The number of nitrogens with one attached hydrogen (secondary N) is 1. The highest BCUT2D eigenvalue weighted by Gasteiger charge is 2.17. The second-order valence-corrected chi connectivity index (χ2v) is 3.47. The average molecular weight is 195 g/mol. The third kappa shape index (κ3) is 2.27. The molecule has 0 amide bonds. The van der Waals surface area contributed by atoms with Crippen molar-refractivity contribution in [3.8, 4) is 0 Å². The van der Waals surface area contributed by atoms with Crippen molar-refractivity contribution in [2.75, 3.05) is 12.3 Å². The van der Waals surface area contributed by atoms with Crippen LogP contribution in [0.25, 0.3) is 0 Å². The molecule has 0 unspecified atom stereocenters. The molecule has 1 rings (SSSR count). The minimum atomic E-state index is -0.581. The van der Waals surface area contributed by atoms with E-state index >= 15 is 0 Å². The first-order valence-corrected chi connectivity index (χ1v) is 4.49. The highest BCUT2D eigenvalue weighted by Crippen LogP contribution is 2.23. The van der Waals surface area contributed by atoms with Gasteiger partial charge in [0, 0.05) is 12.3 Å². The van der Waals surface area contributed by atoms with Crippen LogP contribution in [0.15, 0.2) is 10.2 Å². The van der Waals surface area contributed by atoms with Gasteiger partial charge in [-0.1, -0.05) is 0 Å². The molecule has 1 saturated heterocycles. The fourth-order valence-corrected chi connectivity index (χ4v) is 1.84. The van der Waals surface area contributed by atoms with E-state index in [1.807, 2.05) is 0 Å². The van der Waals surface area contributed by atoms with Crippen LogP contribution in [0.1, 0.15) is 6.42 Å². The Morgan fingerprint density at radius 1 is 1.82 bits per heavy atom. The number of thioether (sulfide) groups is 1. The van der Waals surface area contributed by atoms with Crippen LogP contribution in [0, 0.1) is 10.1 Å². The molecule has 0 aromatic rings. The first kappa shape index (κ1) is 8.67. The average Bonchev–Trinajstić information content (AvgIpc) is 2.05. The number of rotatable bonds is 1. The summed E-state index contributed by atoms with van der Waals surface area (Å²) >= 11 is 6.79. The van der Waals surface area contributed by atoms with Crippen molar-refractivity contribution in [3.05, 3.63) is 20.3 Å². The second kappa shape index (κ2) is 3.82. The van der Waals surface area contributed by atoms with E-state index in [1.165, 1.54) is 11.8 Å². The van der Waals surface area contributed by atoms with Gasteiger partial charge in [0.15, 0.2) is 5.03 Å². The van der Waals surface area contributed by atoms with Gasteiger partial charge < -0.3 is 5.32 Å². The zero-order valence-electron chi connectivity index (χ0n) is 5.67. The van der Waals surface area contributed by atoms with Gasteiger partial charge in [-0.05, 0) is 18.0 Å². The van der Waals surface area contributed by atoms with E-state index in [1.54, 1.807) is 0 Å². The smallest absolute Gasteiger partial charge is 0.366 e. The molecule has 1 aliphatic heterocycles. The molecule has 1 fully saturated rings. The summed E-state index contributed by atoms with van der Waals surface area (Å²) in [6, 6.07) is 0. The van der Waals surface area contributed by atoms with Crippen LogP contribution < -0.4 is 5.32 Å². The van der Waals surface area contributed by atoms with Crippen LogP contribution in [0.2, 0.25) is 0 Å². The standard InChI is InChI=1S/C5H7ClN2O2S/c6-4(8(9)10)5-7-2-1-3-11-5/h7H,1-3H2/b5-4-. The van der Waals surface area contributed by atoms with E-state index in [2.05, 4.69) is 5.32 Å². The first-order chi connectivity index (χ1) is 5.22. The van der Waals surface area contributed by atoms with E-state index in [4.69, 9.17) is 11.6 Å². The summed E-state index contributed by atoms with van der Waals surface area (Å²) in [5, 5.41) is 13.2. The third-order valence-corrected chi connectivity index (χ3v) is 2.76. The van der Waals surface area contributed by atoms with E-state index in [0.29, 0.717) is 5.03 Å². The van der Waals surface area contributed by atoms with Crippen molar-refractivity contribution >= 4 is 23.4 Å². The van der Waals surface area contributed by atoms with Crippen LogP contribution in [0.3, 0.4) is 0 Å². The van der Waals surface area contributed by atoms with Crippen molar-refractivity contribution in [1.82, 2.24) is 5.32 Å². The maximum absolute atomic E-state index is 10.2. The molecular formula is C5H7ClN2O2S. The lowest BCUT2D eigenvalue weighted by atomic mass is 10.5. The molecule has 1 N–H and O–H groups in total. The largest absolute Gasteiger partial charge is 0.373 e. The molecule has 0 atom stereocenters. The van der Waals surface area contributed by atoms with Gasteiger partial charge in [-0.15, -0.1) is 11.8 Å². The minimum Gasteiger partial charge on any atom is -0.373 e. The summed E-state index contributed by atoms with van der Waals surface area (Å²) in [5.74, 6) is 0.895.